The maximum Gasteiger partial charge on any atom is 0.247 e. The fourth-order valence-corrected chi connectivity index (χ4v) is 1.57. The maximum absolute atomic E-state index is 13.2. The monoisotopic (exact) mass is 287 g/mol. The Morgan fingerprint density at radius 3 is 2.67 bits per heavy atom. The zero-order valence-corrected chi connectivity index (χ0v) is 10.8. The van der Waals surface area contributed by atoms with Gasteiger partial charge in [0.05, 0.1) is 10.7 Å². The minimum Gasteiger partial charge on any atom is -0.437 e. The van der Waals surface area contributed by atoms with Crippen molar-refractivity contribution < 1.29 is 9.13 Å². The summed E-state index contributed by atoms with van der Waals surface area (Å²) in [4.78, 5) is 7.69. The van der Waals surface area contributed by atoms with Gasteiger partial charge in [0, 0.05) is 6.07 Å². The molecule has 7 heteroatoms. The van der Waals surface area contributed by atoms with E-state index in [0.717, 1.165) is 6.07 Å². The normalized spacial score (nSPS) is 10.4. The number of rotatable bonds is 2. The SMILES string of the molecule is Cc1nc(Cl)nc(Oc2ccc(Cl)c(F)c2)c1N. The van der Waals surface area contributed by atoms with Gasteiger partial charge in [-0.3, -0.25) is 0 Å². The Balaban J connectivity index is 2.36. The molecule has 1 heterocycles. The number of hydrogen-bond acceptors (Lipinski definition) is 4. The van der Waals surface area contributed by atoms with Crippen LogP contribution in [0, 0.1) is 12.7 Å². The molecule has 0 unspecified atom stereocenters. The van der Waals surface area contributed by atoms with Crippen LogP contribution in [0.1, 0.15) is 5.69 Å². The Morgan fingerprint density at radius 2 is 2.00 bits per heavy atom. The summed E-state index contributed by atoms with van der Waals surface area (Å²) < 4.78 is 18.6. The second kappa shape index (κ2) is 4.96. The molecular formula is C11H8Cl2FN3O. The van der Waals surface area contributed by atoms with E-state index in [1.165, 1.54) is 12.1 Å². The summed E-state index contributed by atoms with van der Waals surface area (Å²) in [6.07, 6.45) is 0. The van der Waals surface area contributed by atoms with Gasteiger partial charge in [-0.2, -0.15) is 4.98 Å². The van der Waals surface area contributed by atoms with Crippen LogP contribution in [-0.2, 0) is 0 Å². The molecule has 0 radical (unpaired) electrons. The lowest BCUT2D eigenvalue weighted by Gasteiger charge is -2.09. The lowest BCUT2D eigenvalue weighted by Crippen LogP contribution is -2.01. The number of benzene rings is 1. The van der Waals surface area contributed by atoms with Gasteiger partial charge in [-0.25, -0.2) is 9.37 Å². The van der Waals surface area contributed by atoms with E-state index in [2.05, 4.69) is 9.97 Å². The molecule has 0 aliphatic rings. The Bertz CT molecular complexity index is 607. The van der Waals surface area contributed by atoms with Gasteiger partial charge in [0.2, 0.25) is 11.2 Å². The first kappa shape index (κ1) is 12.9. The molecule has 0 amide bonds. The molecule has 0 aliphatic heterocycles. The fraction of sp³-hybridized carbons (Fsp3) is 0.0909. The third kappa shape index (κ3) is 2.63. The van der Waals surface area contributed by atoms with Crippen LogP contribution in [0.15, 0.2) is 18.2 Å². The van der Waals surface area contributed by atoms with E-state index >= 15 is 0 Å². The number of nitrogens with two attached hydrogens (primary N) is 1. The van der Waals surface area contributed by atoms with Crippen molar-refractivity contribution in [2.75, 3.05) is 5.73 Å². The van der Waals surface area contributed by atoms with Crippen LogP contribution in [0.4, 0.5) is 10.1 Å². The lowest BCUT2D eigenvalue weighted by molar-refractivity contribution is 0.459. The van der Waals surface area contributed by atoms with Gasteiger partial charge in [-0.15, -0.1) is 0 Å². The molecule has 0 bridgehead atoms. The fourth-order valence-electron chi connectivity index (χ4n) is 1.25. The van der Waals surface area contributed by atoms with E-state index in [1.54, 1.807) is 6.92 Å². The van der Waals surface area contributed by atoms with Crippen LogP contribution in [0.25, 0.3) is 0 Å². The van der Waals surface area contributed by atoms with E-state index in [4.69, 9.17) is 33.7 Å². The summed E-state index contributed by atoms with van der Waals surface area (Å²) in [5.41, 5.74) is 6.47. The first-order chi connectivity index (χ1) is 8.47. The highest BCUT2D eigenvalue weighted by atomic mass is 35.5. The van der Waals surface area contributed by atoms with Gasteiger partial charge < -0.3 is 10.5 Å². The molecule has 18 heavy (non-hydrogen) atoms. The van der Waals surface area contributed by atoms with Crippen molar-refractivity contribution in [3.63, 3.8) is 0 Å². The summed E-state index contributed by atoms with van der Waals surface area (Å²) in [6.45, 7) is 1.66. The van der Waals surface area contributed by atoms with Crippen molar-refractivity contribution in [2.24, 2.45) is 0 Å². The molecule has 2 rings (SSSR count). The summed E-state index contributed by atoms with van der Waals surface area (Å²) in [6, 6.07) is 4.00. The van der Waals surface area contributed by atoms with Crippen LogP contribution in [0.3, 0.4) is 0 Å². The second-order valence-corrected chi connectivity index (χ2v) is 4.22. The van der Waals surface area contributed by atoms with Gasteiger partial charge in [-0.1, -0.05) is 11.6 Å². The largest absolute Gasteiger partial charge is 0.437 e. The molecule has 1 aromatic carbocycles. The molecule has 0 spiro atoms. The zero-order valence-electron chi connectivity index (χ0n) is 9.25. The summed E-state index contributed by atoms with van der Waals surface area (Å²) in [5.74, 6) is -0.295. The molecule has 2 N–H and O–H groups in total. The molecule has 0 fully saturated rings. The van der Waals surface area contributed by atoms with Crippen molar-refractivity contribution in [2.45, 2.75) is 6.92 Å². The minimum absolute atomic E-state index is 0.00568. The standard InChI is InChI=1S/C11H8Cl2FN3O/c1-5-9(15)10(17-11(13)16-5)18-6-2-3-7(12)8(14)4-6/h2-4H,15H2,1H3. The Kier molecular flexibility index (Phi) is 3.54. The van der Waals surface area contributed by atoms with Crippen molar-refractivity contribution >= 4 is 28.9 Å². The van der Waals surface area contributed by atoms with Crippen LogP contribution >= 0.6 is 23.2 Å². The van der Waals surface area contributed by atoms with Crippen LogP contribution in [0.2, 0.25) is 10.3 Å². The number of anilines is 1. The van der Waals surface area contributed by atoms with E-state index < -0.39 is 5.82 Å². The number of aryl methyl sites for hydroxylation is 1. The van der Waals surface area contributed by atoms with E-state index in [0.29, 0.717) is 5.69 Å². The van der Waals surface area contributed by atoms with Crippen LogP contribution < -0.4 is 10.5 Å². The van der Waals surface area contributed by atoms with Gasteiger partial charge in [0.15, 0.2) is 0 Å². The van der Waals surface area contributed by atoms with Crippen molar-refractivity contribution in [3.8, 4) is 11.6 Å². The van der Waals surface area contributed by atoms with Gasteiger partial charge in [-0.05, 0) is 30.7 Å². The van der Waals surface area contributed by atoms with Crippen molar-refractivity contribution in [1.29, 1.82) is 0 Å². The van der Waals surface area contributed by atoms with Gasteiger partial charge in [0.25, 0.3) is 0 Å². The topological polar surface area (TPSA) is 61.0 Å². The molecule has 94 valence electrons. The highest BCUT2D eigenvalue weighted by Crippen LogP contribution is 2.29. The second-order valence-electron chi connectivity index (χ2n) is 3.47. The number of hydrogen-bond donors (Lipinski definition) is 1. The van der Waals surface area contributed by atoms with Crippen molar-refractivity contribution in [1.82, 2.24) is 9.97 Å². The molecule has 4 nitrogen and oxygen atoms in total. The molecule has 0 atom stereocenters. The predicted molar refractivity (Wildman–Crippen MR) is 67.7 cm³/mol. The molecule has 0 saturated heterocycles. The number of aromatic nitrogens is 2. The van der Waals surface area contributed by atoms with Gasteiger partial charge in [0.1, 0.15) is 17.3 Å². The Morgan fingerprint density at radius 1 is 1.28 bits per heavy atom. The average molecular weight is 288 g/mol. The van der Waals surface area contributed by atoms with E-state index in [9.17, 15) is 4.39 Å². The van der Waals surface area contributed by atoms with E-state index in [-0.39, 0.29) is 27.6 Å². The third-order valence-electron chi connectivity index (χ3n) is 2.18. The number of nitrogens with zero attached hydrogens (tertiary/aromatic N) is 2. The van der Waals surface area contributed by atoms with Gasteiger partial charge >= 0.3 is 0 Å². The maximum atomic E-state index is 13.2. The average Bonchev–Trinajstić information content (AvgIpc) is 2.30. The van der Waals surface area contributed by atoms with Crippen molar-refractivity contribution in [3.05, 3.63) is 40.0 Å². The highest BCUT2D eigenvalue weighted by molar-refractivity contribution is 6.30. The Labute approximate surface area is 113 Å². The van der Waals surface area contributed by atoms with Crippen LogP contribution in [-0.4, -0.2) is 9.97 Å². The zero-order chi connectivity index (χ0) is 13.3. The summed E-state index contributed by atoms with van der Waals surface area (Å²) in [5, 5.41) is 0.0124. The highest BCUT2D eigenvalue weighted by Gasteiger charge is 2.11. The molecular weight excluding hydrogens is 280 g/mol. The first-order valence-corrected chi connectivity index (χ1v) is 5.65. The number of nitrogen functional groups attached to an aromatic ring is 1. The predicted octanol–water partition coefficient (Wildman–Crippen LogP) is 3.61. The summed E-state index contributed by atoms with van der Waals surface area (Å²) in [7, 11) is 0. The molecule has 0 aliphatic carbocycles. The molecule has 2 aromatic rings. The Hall–Kier alpha value is -1.59. The minimum atomic E-state index is -0.593. The summed E-state index contributed by atoms with van der Waals surface area (Å²) >= 11 is 11.3. The molecule has 0 saturated carbocycles. The van der Waals surface area contributed by atoms with E-state index in [1.807, 2.05) is 0 Å². The van der Waals surface area contributed by atoms with Crippen LogP contribution in [0.5, 0.6) is 11.6 Å². The molecule has 1 aromatic heterocycles. The number of halogens is 3. The number of ether oxygens (including phenoxy) is 1. The lowest BCUT2D eigenvalue weighted by atomic mass is 10.3. The first-order valence-electron chi connectivity index (χ1n) is 4.90. The quantitative estimate of drug-likeness (QED) is 0.857. The third-order valence-corrected chi connectivity index (χ3v) is 2.66. The smallest absolute Gasteiger partial charge is 0.247 e.